The minimum atomic E-state index is -0.302. The van der Waals surface area contributed by atoms with Crippen molar-refractivity contribution in [3.05, 3.63) is 35.9 Å². The molecular weight excluding hydrogens is 290 g/mol. The summed E-state index contributed by atoms with van der Waals surface area (Å²) in [5.74, 6) is -0.240. The Morgan fingerprint density at radius 1 is 1.24 bits per heavy atom. The van der Waals surface area contributed by atoms with Gasteiger partial charge in [-0.1, -0.05) is 30.3 Å². The summed E-state index contributed by atoms with van der Waals surface area (Å²) in [7, 11) is 0. The first-order valence-corrected chi connectivity index (χ1v) is 6.83. The van der Waals surface area contributed by atoms with Crippen LogP contribution in [0.3, 0.4) is 0 Å². The maximum atomic E-state index is 11.9. The Hall–Kier alpha value is -1.59. The molecule has 2 amide bonds. The van der Waals surface area contributed by atoms with Crippen molar-refractivity contribution in [2.45, 2.75) is 38.8 Å². The van der Waals surface area contributed by atoms with E-state index in [1.165, 1.54) is 6.92 Å². The molecular formula is C15H24ClN3O2. The van der Waals surface area contributed by atoms with Crippen molar-refractivity contribution in [2.24, 2.45) is 5.73 Å². The van der Waals surface area contributed by atoms with Gasteiger partial charge in [0, 0.05) is 19.5 Å². The highest BCUT2D eigenvalue weighted by Gasteiger charge is 2.16. The van der Waals surface area contributed by atoms with Crippen molar-refractivity contribution in [1.29, 1.82) is 0 Å². The number of rotatable bonds is 7. The summed E-state index contributed by atoms with van der Waals surface area (Å²) in [6.07, 6.45) is 0.963. The molecule has 1 aromatic rings. The van der Waals surface area contributed by atoms with Gasteiger partial charge in [-0.2, -0.15) is 0 Å². The fraction of sp³-hybridized carbons (Fsp3) is 0.467. The number of amides is 2. The zero-order chi connectivity index (χ0) is 15.0. The third kappa shape index (κ3) is 8.32. The van der Waals surface area contributed by atoms with Crippen LogP contribution in [-0.2, 0) is 9.59 Å². The van der Waals surface area contributed by atoms with E-state index in [0.29, 0.717) is 6.54 Å². The Labute approximate surface area is 132 Å². The number of nitrogens with two attached hydrogens (primary N) is 1. The number of hydrogen-bond acceptors (Lipinski definition) is 3. The van der Waals surface area contributed by atoms with Crippen LogP contribution in [0.5, 0.6) is 0 Å². The first-order chi connectivity index (χ1) is 9.49. The van der Waals surface area contributed by atoms with Crippen LogP contribution in [-0.4, -0.2) is 24.4 Å². The maximum Gasteiger partial charge on any atom is 0.222 e. The second-order valence-electron chi connectivity index (χ2n) is 4.98. The van der Waals surface area contributed by atoms with E-state index in [2.05, 4.69) is 10.6 Å². The van der Waals surface area contributed by atoms with Crippen molar-refractivity contribution >= 4 is 24.2 Å². The van der Waals surface area contributed by atoms with Gasteiger partial charge < -0.3 is 16.4 Å². The summed E-state index contributed by atoms with van der Waals surface area (Å²) in [4.78, 5) is 23.1. The van der Waals surface area contributed by atoms with E-state index in [4.69, 9.17) is 5.73 Å². The lowest BCUT2D eigenvalue weighted by Gasteiger charge is -2.18. The standard InChI is InChI=1S/C15H23N3O2.ClH/c1-11(16)8-9-17-15(20)10-14(18-12(2)19)13-6-4-3-5-7-13;/h3-7,11,14H,8-10,16H2,1-2H3,(H,17,20)(H,18,19);1H. The van der Waals surface area contributed by atoms with Gasteiger partial charge in [0.2, 0.25) is 11.8 Å². The van der Waals surface area contributed by atoms with Gasteiger partial charge in [-0.15, -0.1) is 12.4 Å². The number of carbonyl (C=O) groups is 2. The highest BCUT2D eigenvalue weighted by molar-refractivity contribution is 5.85. The van der Waals surface area contributed by atoms with Crippen molar-refractivity contribution in [1.82, 2.24) is 10.6 Å². The average molecular weight is 314 g/mol. The SMILES string of the molecule is CC(=O)NC(CC(=O)NCCC(C)N)c1ccccc1.Cl. The molecule has 2 atom stereocenters. The minimum Gasteiger partial charge on any atom is -0.356 e. The molecule has 5 nitrogen and oxygen atoms in total. The van der Waals surface area contributed by atoms with Crippen LogP contribution in [0.4, 0.5) is 0 Å². The third-order valence-corrected chi connectivity index (χ3v) is 2.89. The molecule has 0 aliphatic rings. The molecule has 0 fully saturated rings. The van der Waals surface area contributed by atoms with Gasteiger partial charge in [0.25, 0.3) is 0 Å². The van der Waals surface area contributed by atoms with E-state index < -0.39 is 0 Å². The number of carbonyl (C=O) groups excluding carboxylic acids is 2. The number of benzene rings is 1. The van der Waals surface area contributed by atoms with Crippen LogP contribution in [0.25, 0.3) is 0 Å². The fourth-order valence-corrected chi connectivity index (χ4v) is 1.88. The molecule has 0 aliphatic carbocycles. The zero-order valence-electron chi connectivity index (χ0n) is 12.5. The second kappa shape index (κ2) is 10.2. The predicted molar refractivity (Wildman–Crippen MR) is 86.1 cm³/mol. The van der Waals surface area contributed by atoms with E-state index in [-0.39, 0.29) is 42.7 Å². The lowest BCUT2D eigenvalue weighted by molar-refractivity contribution is -0.122. The molecule has 0 aliphatic heterocycles. The van der Waals surface area contributed by atoms with E-state index in [1.54, 1.807) is 0 Å². The van der Waals surface area contributed by atoms with Gasteiger partial charge in [0.1, 0.15) is 0 Å². The summed E-state index contributed by atoms with van der Waals surface area (Å²) < 4.78 is 0. The zero-order valence-corrected chi connectivity index (χ0v) is 13.3. The molecule has 0 saturated heterocycles. The summed E-state index contributed by atoms with van der Waals surface area (Å²) in [5, 5.41) is 5.62. The molecule has 0 spiro atoms. The van der Waals surface area contributed by atoms with Crippen LogP contribution >= 0.6 is 12.4 Å². The maximum absolute atomic E-state index is 11.9. The van der Waals surface area contributed by atoms with Gasteiger partial charge in [-0.25, -0.2) is 0 Å². The van der Waals surface area contributed by atoms with E-state index in [1.807, 2.05) is 37.3 Å². The Kier molecular flexibility index (Phi) is 9.41. The molecule has 2 unspecified atom stereocenters. The molecule has 21 heavy (non-hydrogen) atoms. The first-order valence-electron chi connectivity index (χ1n) is 6.83. The normalized spacial score (nSPS) is 12.7. The van der Waals surface area contributed by atoms with Crippen LogP contribution < -0.4 is 16.4 Å². The van der Waals surface area contributed by atoms with Crippen molar-refractivity contribution in [2.75, 3.05) is 6.54 Å². The Morgan fingerprint density at radius 2 is 1.86 bits per heavy atom. The average Bonchev–Trinajstić information content (AvgIpc) is 2.38. The molecule has 0 saturated carbocycles. The lowest BCUT2D eigenvalue weighted by Crippen LogP contribution is -2.34. The predicted octanol–water partition coefficient (Wildman–Crippen LogP) is 1.53. The van der Waals surface area contributed by atoms with Crippen LogP contribution in [0.1, 0.15) is 38.3 Å². The molecule has 0 heterocycles. The van der Waals surface area contributed by atoms with Crippen LogP contribution in [0.15, 0.2) is 30.3 Å². The monoisotopic (exact) mass is 313 g/mol. The summed E-state index contributed by atoms with van der Waals surface area (Å²) in [6, 6.07) is 9.23. The Bertz CT molecular complexity index is 438. The van der Waals surface area contributed by atoms with E-state index in [9.17, 15) is 9.59 Å². The molecule has 0 aromatic heterocycles. The van der Waals surface area contributed by atoms with E-state index in [0.717, 1.165) is 12.0 Å². The Morgan fingerprint density at radius 3 is 2.38 bits per heavy atom. The smallest absolute Gasteiger partial charge is 0.222 e. The molecule has 1 aromatic carbocycles. The second-order valence-corrected chi connectivity index (χ2v) is 4.98. The lowest BCUT2D eigenvalue weighted by atomic mass is 10.0. The summed E-state index contributed by atoms with van der Waals surface area (Å²) in [5.41, 5.74) is 6.55. The topological polar surface area (TPSA) is 84.2 Å². The van der Waals surface area contributed by atoms with Crippen molar-refractivity contribution in [3.63, 3.8) is 0 Å². The molecule has 118 valence electrons. The Balaban J connectivity index is 0.00000400. The molecule has 4 N–H and O–H groups in total. The molecule has 1 rings (SSSR count). The number of nitrogens with one attached hydrogen (secondary N) is 2. The number of halogens is 1. The first kappa shape index (κ1) is 19.4. The largest absolute Gasteiger partial charge is 0.356 e. The van der Waals surface area contributed by atoms with Crippen LogP contribution in [0.2, 0.25) is 0 Å². The highest BCUT2D eigenvalue weighted by atomic mass is 35.5. The van der Waals surface area contributed by atoms with Gasteiger partial charge in [0.05, 0.1) is 12.5 Å². The summed E-state index contributed by atoms with van der Waals surface area (Å²) in [6.45, 7) is 3.90. The number of hydrogen-bond donors (Lipinski definition) is 3. The van der Waals surface area contributed by atoms with Gasteiger partial charge in [-0.05, 0) is 18.9 Å². The third-order valence-electron chi connectivity index (χ3n) is 2.89. The van der Waals surface area contributed by atoms with Gasteiger partial charge in [0.15, 0.2) is 0 Å². The quantitative estimate of drug-likeness (QED) is 0.713. The van der Waals surface area contributed by atoms with Gasteiger partial charge in [-0.3, -0.25) is 9.59 Å². The molecule has 6 heteroatoms. The molecule has 0 bridgehead atoms. The highest BCUT2D eigenvalue weighted by Crippen LogP contribution is 2.16. The fourth-order valence-electron chi connectivity index (χ4n) is 1.88. The minimum absolute atomic E-state index is 0. The van der Waals surface area contributed by atoms with Crippen LogP contribution in [0, 0.1) is 0 Å². The van der Waals surface area contributed by atoms with Crippen molar-refractivity contribution in [3.8, 4) is 0 Å². The van der Waals surface area contributed by atoms with Crippen molar-refractivity contribution < 1.29 is 9.59 Å². The van der Waals surface area contributed by atoms with E-state index >= 15 is 0 Å². The van der Waals surface area contributed by atoms with Gasteiger partial charge >= 0.3 is 0 Å². The molecule has 0 radical (unpaired) electrons. The summed E-state index contributed by atoms with van der Waals surface area (Å²) >= 11 is 0.